The minimum atomic E-state index is 0.173. The summed E-state index contributed by atoms with van der Waals surface area (Å²) in [5.41, 5.74) is 6.52. The fourth-order valence-corrected chi connectivity index (χ4v) is 3.55. The van der Waals surface area contributed by atoms with Gasteiger partial charge in [0.15, 0.2) is 0 Å². The van der Waals surface area contributed by atoms with Crippen molar-refractivity contribution in [1.82, 2.24) is 9.55 Å². The first-order valence-electron chi connectivity index (χ1n) is 10.3. The highest BCUT2D eigenvalue weighted by Gasteiger charge is 2.17. The molecular formula is C25H34N2O. The van der Waals surface area contributed by atoms with Gasteiger partial charge in [0.05, 0.1) is 6.61 Å². The van der Waals surface area contributed by atoms with Crippen molar-refractivity contribution in [2.24, 2.45) is 5.92 Å². The zero-order chi connectivity index (χ0) is 20.5. The molecule has 0 fully saturated rings. The van der Waals surface area contributed by atoms with E-state index < -0.39 is 0 Å². The number of hydrogen-bond acceptors (Lipinski definition) is 2. The first-order valence-corrected chi connectivity index (χ1v) is 10.3. The molecule has 3 heteroatoms. The normalized spacial score (nSPS) is 12.1. The molecule has 2 aromatic heterocycles. The van der Waals surface area contributed by atoms with Crippen molar-refractivity contribution in [2.75, 3.05) is 6.61 Å². The van der Waals surface area contributed by atoms with Crippen LogP contribution >= 0.6 is 0 Å². The van der Waals surface area contributed by atoms with Crippen LogP contribution in [0.25, 0.3) is 10.9 Å². The van der Waals surface area contributed by atoms with Crippen molar-refractivity contribution >= 4 is 10.9 Å². The summed E-state index contributed by atoms with van der Waals surface area (Å²) < 4.78 is 8.46. The fraction of sp³-hybridized carbons (Fsp3) is 0.480. The van der Waals surface area contributed by atoms with E-state index in [1.165, 1.54) is 27.8 Å². The number of pyridine rings is 1. The largest absolute Gasteiger partial charge is 0.476 e. The fourth-order valence-electron chi connectivity index (χ4n) is 3.55. The molecule has 3 aromatic rings. The number of hydrogen-bond donors (Lipinski definition) is 0. The molecule has 0 aliphatic heterocycles. The third-order valence-corrected chi connectivity index (χ3v) is 5.61. The number of aromatic nitrogens is 2. The molecule has 0 bridgehead atoms. The minimum Gasteiger partial charge on any atom is -0.476 e. The Labute approximate surface area is 169 Å². The van der Waals surface area contributed by atoms with Crippen molar-refractivity contribution in [3.63, 3.8) is 0 Å². The van der Waals surface area contributed by atoms with Gasteiger partial charge in [-0.1, -0.05) is 58.9 Å². The Morgan fingerprint density at radius 1 is 1.04 bits per heavy atom. The summed E-state index contributed by atoms with van der Waals surface area (Å²) in [6.07, 6.45) is 2.90. The summed E-state index contributed by atoms with van der Waals surface area (Å²) in [4.78, 5) is 4.56. The molecule has 0 radical (unpaired) electrons. The third-order valence-electron chi connectivity index (χ3n) is 5.61. The lowest BCUT2D eigenvalue weighted by atomic mass is 9.87. The van der Waals surface area contributed by atoms with Crippen molar-refractivity contribution in [3.05, 3.63) is 58.9 Å². The highest BCUT2D eigenvalue weighted by atomic mass is 16.5. The van der Waals surface area contributed by atoms with Crippen molar-refractivity contribution < 1.29 is 4.74 Å². The second-order valence-electron chi connectivity index (χ2n) is 9.29. The monoisotopic (exact) mass is 378 g/mol. The van der Waals surface area contributed by atoms with E-state index in [9.17, 15) is 0 Å². The average molecular weight is 379 g/mol. The standard InChI is InChI=1S/C25H34N2O/c1-17(2)13-15-28-24-23-22(12-14-26-24)18(3)19(4)27(23)16-20-8-10-21(11-9-20)25(5,6)7/h8-12,14,17H,13,15-16H2,1-7H3. The maximum absolute atomic E-state index is 6.11. The number of ether oxygens (including phenoxy) is 1. The molecule has 3 nitrogen and oxygen atoms in total. The zero-order valence-corrected chi connectivity index (χ0v) is 18.5. The van der Waals surface area contributed by atoms with E-state index in [1.807, 2.05) is 6.20 Å². The Hall–Kier alpha value is -2.29. The van der Waals surface area contributed by atoms with Crippen LogP contribution in [0.4, 0.5) is 0 Å². The summed E-state index contributed by atoms with van der Waals surface area (Å²) in [6, 6.07) is 11.1. The Morgan fingerprint density at radius 3 is 2.32 bits per heavy atom. The number of fused-ring (bicyclic) bond motifs is 1. The Morgan fingerprint density at radius 2 is 1.71 bits per heavy atom. The number of rotatable bonds is 6. The van der Waals surface area contributed by atoms with Crippen LogP contribution in [0, 0.1) is 19.8 Å². The third kappa shape index (κ3) is 4.24. The minimum absolute atomic E-state index is 0.173. The summed E-state index contributed by atoms with van der Waals surface area (Å²) >= 11 is 0. The molecule has 1 aromatic carbocycles. The van der Waals surface area contributed by atoms with Crippen LogP contribution in [0.3, 0.4) is 0 Å². The van der Waals surface area contributed by atoms with E-state index in [2.05, 4.69) is 88.3 Å². The van der Waals surface area contributed by atoms with Gasteiger partial charge in [-0.2, -0.15) is 0 Å². The lowest BCUT2D eigenvalue weighted by molar-refractivity contribution is 0.281. The molecule has 0 saturated carbocycles. The molecule has 2 heterocycles. The van der Waals surface area contributed by atoms with Crippen LogP contribution < -0.4 is 4.74 Å². The van der Waals surface area contributed by atoms with Gasteiger partial charge in [-0.3, -0.25) is 0 Å². The second-order valence-corrected chi connectivity index (χ2v) is 9.29. The predicted octanol–water partition coefficient (Wildman–Crippen LogP) is 6.42. The average Bonchev–Trinajstić information content (AvgIpc) is 2.87. The zero-order valence-electron chi connectivity index (χ0n) is 18.5. The predicted molar refractivity (Wildman–Crippen MR) is 118 cm³/mol. The molecule has 0 amide bonds. The molecule has 0 aliphatic carbocycles. The van der Waals surface area contributed by atoms with Crippen LogP contribution in [-0.4, -0.2) is 16.2 Å². The van der Waals surface area contributed by atoms with Gasteiger partial charge in [0.25, 0.3) is 0 Å². The SMILES string of the molecule is Cc1c(C)n(Cc2ccc(C(C)(C)C)cc2)c2c(OCCC(C)C)nccc12. The van der Waals surface area contributed by atoms with Gasteiger partial charge < -0.3 is 9.30 Å². The highest BCUT2D eigenvalue weighted by Crippen LogP contribution is 2.32. The lowest BCUT2D eigenvalue weighted by Crippen LogP contribution is -2.11. The maximum atomic E-state index is 6.11. The van der Waals surface area contributed by atoms with E-state index in [1.54, 1.807) is 0 Å². The first-order chi connectivity index (χ1) is 13.2. The summed E-state index contributed by atoms with van der Waals surface area (Å²) in [5, 5.41) is 1.23. The van der Waals surface area contributed by atoms with Gasteiger partial charge in [-0.05, 0) is 54.4 Å². The van der Waals surface area contributed by atoms with E-state index in [0.717, 1.165) is 24.4 Å². The Bertz CT molecular complexity index is 943. The molecule has 0 spiro atoms. The van der Waals surface area contributed by atoms with Gasteiger partial charge in [0.1, 0.15) is 5.52 Å². The van der Waals surface area contributed by atoms with Crippen LogP contribution in [0.1, 0.15) is 63.4 Å². The van der Waals surface area contributed by atoms with Gasteiger partial charge >= 0.3 is 0 Å². The quantitative estimate of drug-likeness (QED) is 0.494. The Balaban J connectivity index is 1.97. The lowest BCUT2D eigenvalue weighted by Gasteiger charge is -2.19. The highest BCUT2D eigenvalue weighted by molar-refractivity contribution is 5.89. The summed E-state index contributed by atoms with van der Waals surface area (Å²) in [7, 11) is 0. The molecule has 0 aliphatic rings. The molecule has 28 heavy (non-hydrogen) atoms. The van der Waals surface area contributed by atoms with Gasteiger partial charge in [-0.25, -0.2) is 4.98 Å². The van der Waals surface area contributed by atoms with Crippen LogP contribution in [0.5, 0.6) is 5.88 Å². The van der Waals surface area contributed by atoms with Crippen molar-refractivity contribution in [3.8, 4) is 5.88 Å². The maximum Gasteiger partial charge on any atom is 0.238 e. The molecule has 0 unspecified atom stereocenters. The Kier molecular flexibility index (Phi) is 5.83. The van der Waals surface area contributed by atoms with Crippen molar-refractivity contribution in [2.45, 2.75) is 66.8 Å². The van der Waals surface area contributed by atoms with Crippen molar-refractivity contribution in [1.29, 1.82) is 0 Å². The van der Waals surface area contributed by atoms with E-state index in [-0.39, 0.29) is 5.41 Å². The smallest absolute Gasteiger partial charge is 0.238 e. The van der Waals surface area contributed by atoms with Crippen LogP contribution in [0.2, 0.25) is 0 Å². The number of benzene rings is 1. The molecule has 0 N–H and O–H groups in total. The van der Waals surface area contributed by atoms with Crippen LogP contribution in [0.15, 0.2) is 36.5 Å². The summed E-state index contributed by atoms with van der Waals surface area (Å²) in [5.74, 6) is 1.37. The van der Waals surface area contributed by atoms with E-state index in [4.69, 9.17) is 4.74 Å². The van der Waals surface area contributed by atoms with Gasteiger partial charge in [0, 0.05) is 23.8 Å². The number of nitrogens with zero attached hydrogens (tertiary/aromatic N) is 2. The molecule has 0 atom stereocenters. The summed E-state index contributed by atoms with van der Waals surface area (Å²) in [6.45, 7) is 17.1. The topological polar surface area (TPSA) is 27.1 Å². The van der Waals surface area contributed by atoms with Gasteiger partial charge in [-0.15, -0.1) is 0 Å². The van der Waals surface area contributed by atoms with Gasteiger partial charge in [0.2, 0.25) is 5.88 Å². The van der Waals surface area contributed by atoms with E-state index in [0.29, 0.717) is 12.5 Å². The molecule has 3 rings (SSSR count). The van der Waals surface area contributed by atoms with Crippen LogP contribution in [-0.2, 0) is 12.0 Å². The molecule has 150 valence electrons. The second kappa shape index (κ2) is 7.98. The molecular weight excluding hydrogens is 344 g/mol. The molecule has 0 saturated heterocycles. The first kappa shape index (κ1) is 20.4. The van der Waals surface area contributed by atoms with E-state index >= 15 is 0 Å². The number of aryl methyl sites for hydroxylation is 1.